The molecule has 0 aromatic heterocycles. The standard InChI is InChI=1S/C14H26ClNO4/c1-5-6-7-9-19-13(17)12(11(2)3)16(4)14(18)20-10-8-15/h11-12H,5-10H2,1-4H3. The molecule has 6 heteroatoms. The van der Waals surface area contributed by atoms with Crippen LogP contribution in [0.5, 0.6) is 0 Å². The van der Waals surface area contributed by atoms with Gasteiger partial charge in [-0.2, -0.15) is 0 Å². The van der Waals surface area contributed by atoms with Gasteiger partial charge >= 0.3 is 12.1 Å². The minimum atomic E-state index is -0.639. The molecule has 0 radical (unpaired) electrons. The average Bonchev–Trinajstić information content (AvgIpc) is 2.40. The summed E-state index contributed by atoms with van der Waals surface area (Å²) in [5.41, 5.74) is 0. The van der Waals surface area contributed by atoms with Crippen LogP contribution in [0.15, 0.2) is 0 Å². The third-order valence-corrected chi connectivity index (χ3v) is 3.03. The van der Waals surface area contributed by atoms with Gasteiger partial charge in [0, 0.05) is 7.05 Å². The smallest absolute Gasteiger partial charge is 0.410 e. The van der Waals surface area contributed by atoms with Crippen LogP contribution in [0.4, 0.5) is 4.79 Å². The highest BCUT2D eigenvalue weighted by atomic mass is 35.5. The molecule has 1 amide bonds. The maximum Gasteiger partial charge on any atom is 0.410 e. The Morgan fingerprint density at radius 1 is 1.15 bits per heavy atom. The summed E-state index contributed by atoms with van der Waals surface area (Å²) in [5.74, 6) is -0.212. The number of likely N-dealkylation sites (N-methyl/N-ethyl adjacent to an activating group) is 1. The predicted octanol–water partition coefficient (Wildman–Crippen LogP) is 3.05. The largest absolute Gasteiger partial charge is 0.464 e. The molecule has 5 nitrogen and oxygen atoms in total. The molecule has 1 unspecified atom stereocenters. The number of alkyl halides is 1. The van der Waals surface area contributed by atoms with Crippen LogP contribution in [0.3, 0.4) is 0 Å². The summed E-state index contributed by atoms with van der Waals surface area (Å²) in [6, 6.07) is -0.639. The second-order valence-electron chi connectivity index (χ2n) is 4.98. The Labute approximate surface area is 126 Å². The Morgan fingerprint density at radius 2 is 1.80 bits per heavy atom. The molecule has 1 atom stereocenters. The van der Waals surface area contributed by atoms with E-state index in [0.717, 1.165) is 19.3 Å². The number of hydrogen-bond acceptors (Lipinski definition) is 4. The molecule has 0 saturated heterocycles. The molecule has 0 aliphatic rings. The number of ether oxygens (including phenoxy) is 2. The Morgan fingerprint density at radius 3 is 2.30 bits per heavy atom. The average molecular weight is 308 g/mol. The van der Waals surface area contributed by atoms with E-state index in [1.807, 2.05) is 13.8 Å². The number of carbonyl (C=O) groups is 2. The van der Waals surface area contributed by atoms with Crippen LogP contribution in [0.2, 0.25) is 0 Å². The van der Waals surface area contributed by atoms with Crippen LogP contribution in [0, 0.1) is 5.92 Å². The minimum Gasteiger partial charge on any atom is -0.464 e. The first-order valence-electron chi connectivity index (χ1n) is 7.07. The predicted molar refractivity (Wildman–Crippen MR) is 78.9 cm³/mol. The molecule has 0 aliphatic heterocycles. The van der Waals surface area contributed by atoms with Gasteiger partial charge in [0.2, 0.25) is 0 Å². The third-order valence-electron chi connectivity index (χ3n) is 2.87. The van der Waals surface area contributed by atoms with E-state index < -0.39 is 12.1 Å². The van der Waals surface area contributed by atoms with Crippen LogP contribution >= 0.6 is 11.6 Å². The fourth-order valence-electron chi connectivity index (χ4n) is 1.83. The minimum absolute atomic E-state index is 0.0535. The van der Waals surface area contributed by atoms with Crippen molar-refractivity contribution in [3.8, 4) is 0 Å². The Balaban J connectivity index is 4.46. The van der Waals surface area contributed by atoms with Gasteiger partial charge in [0.25, 0.3) is 0 Å². The van der Waals surface area contributed by atoms with Gasteiger partial charge in [-0.15, -0.1) is 11.6 Å². The first kappa shape index (κ1) is 19.0. The van der Waals surface area contributed by atoms with E-state index in [2.05, 4.69) is 6.92 Å². The van der Waals surface area contributed by atoms with E-state index in [-0.39, 0.29) is 24.4 Å². The lowest BCUT2D eigenvalue weighted by atomic mass is 10.0. The molecule has 0 bridgehead atoms. The first-order valence-corrected chi connectivity index (χ1v) is 7.61. The molecular weight excluding hydrogens is 282 g/mol. The lowest BCUT2D eigenvalue weighted by Gasteiger charge is -2.28. The number of unbranched alkanes of at least 4 members (excludes halogenated alkanes) is 2. The normalized spacial score (nSPS) is 12.1. The van der Waals surface area contributed by atoms with Crippen LogP contribution in [0.25, 0.3) is 0 Å². The zero-order valence-electron chi connectivity index (χ0n) is 12.9. The molecule has 0 fully saturated rings. The number of carbonyl (C=O) groups excluding carboxylic acids is 2. The van der Waals surface area contributed by atoms with Gasteiger partial charge in [-0.1, -0.05) is 33.6 Å². The van der Waals surface area contributed by atoms with E-state index >= 15 is 0 Å². The van der Waals surface area contributed by atoms with Gasteiger partial charge in [0.1, 0.15) is 12.6 Å². The van der Waals surface area contributed by atoms with E-state index in [1.54, 1.807) is 0 Å². The SMILES string of the molecule is CCCCCOC(=O)C(C(C)C)N(C)C(=O)OCCCl. The highest BCUT2D eigenvalue weighted by Gasteiger charge is 2.31. The monoisotopic (exact) mass is 307 g/mol. The van der Waals surface area contributed by atoms with Crippen molar-refractivity contribution in [1.82, 2.24) is 4.90 Å². The number of esters is 1. The van der Waals surface area contributed by atoms with Crippen molar-refractivity contribution in [3.63, 3.8) is 0 Å². The molecule has 0 N–H and O–H groups in total. The fraction of sp³-hybridized carbons (Fsp3) is 0.857. The molecule has 0 spiro atoms. The second kappa shape index (κ2) is 10.8. The maximum atomic E-state index is 12.1. The second-order valence-corrected chi connectivity index (χ2v) is 5.36. The van der Waals surface area contributed by atoms with Crippen molar-refractivity contribution in [2.75, 3.05) is 26.1 Å². The van der Waals surface area contributed by atoms with Crippen molar-refractivity contribution < 1.29 is 19.1 Å². The van der Waals surface area contributed by atoms with Gasteiger partial charge in [0.15, 0.2) is 0 Å². The summed E-state index contributed by atoms with van der Waals surface area (Å²) in [7, 11) is 1.54. The molecule has 0 heterocycles. The summed E-state index contributed by atoms with van der Waals surface area (Å²) in [6.07, 6.45) is 2.37. The van der Waals surface area contributed by atoms with E-state index in [4.69, 9.17) is 21.1 Å². The van der Waals surface area contributed by atoms with Gasteiger partial charge in [-0.3, -0.25) is 4.90 Å². The van der Waals surface area contributed by atoms with Crippen LogP contribution in [-0.4, -0.2) is 49.1 Å². The molecule has 0 aromatic rings. The first-order chi connectivity index (χ1) is 9.45. The van der Waals surface area contributed by atoms with Crippen molar-refractivity contribution in [2.24, 2.45) is 5.92 Å². The van der Waals surface area contributed by atoms with Gasteiger partial charge in [0.05, 0.1) is 12.5 Å². The number of nitrogens with zero attached hydrogens (tertiary/aromatic N) is 1. The quantitative estimate of drug-likeness (QED) is 0.373. The van der Waals surface area contributed by atoms with Crippen molar-refractivity contribution in [2.45, 2.75) is 46.1 Å². The topological polar surface area (TPSA) is 55.8 Å². The van der Waals surface area contributed by atoms with Gasteiger partial charge in [-0.25, -0.2) is 9.59 Å². The number of rotatable bonds is 9. The zero-order valence-corrected chi connectivity index (χ0v) is 13.6. The fourth-order valence-corrected chi connectivity index (χ4v) is 1.91. The van der Waals surface area contributed by atoms with E-state index in [1.165, 1.54) is 11.9 Å². The summed E-state index contributed by atoms with van der Waals surface area (Å²) in [6.45, 7) is 6.33. The molecule has 20 heavy (non-hydrogen) atoms. The molecular formula is C14H26ClNO4. The van der Waals surface area contributed by atoms with Crippen LogP contribution in [-0.2, 0) is 14.3 Å². The van der Waals surface area contributed by atoms with Gasteiger partial charge < -0.3 is 9.47 Å². The van der Waals surface area contributed by atoms with Crippen molar-refractivity contribution in [1.29, 1.82) is 0 Å². The van der Waals surface area contributed by atoms with Crippen LogP contribution < -0.4 is 0 Å². The lowest BCUT2D eigenvalue weighted by Crippen LogP contribution is -2.47. The zero-order chi connectivity index (χ0) is 15.5. The number of hydrogen-bond donors (Lipinski definition) is 0. The van der Waals surface area contributed by atoms with E-state index in [0.29, 0.717) is 6.61 Å². The summed E-state index contributed by atoms with van der Waals surface area (Å²) in [4.78, 5) is 25.1. The molecule has 118 valence electrons. The van der Waals surface area contributed by atoms with Crippen molar-refractivity contribution in [3.05, 3.63) is 0 Å². The Hall–Kier alpha value is -0.970. The third kappa shape index (κ3) is 6.98. The molecule has 0 rings (SSSR count). The van der Waals surface area contributed by atoms with E-state index in [9.17, 15) is 9.59 Å². The highest BCUT2D eigenvalue weighted by molar-refractivity contribution is 6.18. The number of halogens is 1. The molecule has 0 aliphatic carbocycles. The Kier molecular flexibility index (Phi) is 10.3. The van der Waals surface area contributed by atoms with Crippen LogP contribution in [0.1, 0.15) is 40.0 Å². The lowest BCUT2D eigenvalue weighted by molar-refractivity contribution is -0.150. The molecule has 0 saturated carbocycles. The highest BCUT2D eigenvalue weighted by Crippen LogP contribution is 2.13. The number of amides is 1. The maximum absolute atomic E-state index is 12.1. The summed E-state index contributed by atoms with van der Waals surface area (Å²) >= 11 is 5.47. The summed E-state index contributed by atoms with van der Waals surface area (Å²) < 4.78 is 10.2. The summed E-state index contributed by atoms with van der Waals surface area (Å²) in [5, 5.41) is 0. The Bertz CT molecular complexity index is 297. The van der Waals surface area contributed by atoms with Crippen molar-refractivity contribution >= 4 is 23.7 Å². The molecule has 0 aromatic carbocycles. The van der Waals surface area contributed by atoms with Gasteiger partial charge in [-0.05, 0) is 12.3 Å².